The highest BCUT2D eigenvalue weighted by molar-refractivity contribution is 7.92. The van der Waals surface area contributed by atoms with E-state index in [1.165, 1.54) is 44.4 Å². The molecule has 0 aliphatic rings. The molecule has 7 nitrogen and oxygen atoms in total. The highest BCUT2D eigenvalue weighted by Gasteiger charge is 2.29. The number of anilines is 2. The van der Waals surface area contributed by atoms with Crippen molar-refractivity contribution in [2.45, 2.75) is 13.0 Å². The van der Waals surface area contributed by atoms with Crippen LogP contribution < -0.4 is 9.62 Å². The summed E-state index contributed by atoms with van der Waals surface area (Å²) in [6.45, 7) is 1.37. The summed E-state index contributed by atoms with van der Waals surface area (Å²) < 4.78 is 43.1. The maximum absolute atomic E-state index is 13.2. The Bertz CT molecular complexity index is 996. The first-order valence-electron chi connectivity index (χ1n) is 7.98. The van der Waals surface area contributed by atoms with Gasteiger partial charge < -0.3 is 10.1 Å². The van der Waals surface area contributed by atoms with Crippen molar-refractivity contribution in [2.24, 2.45) is 0 Å². The second kappa shape index (κ2) is 8.57. The van der Waals surface area contributed by atoms with E-state index >= 15 is 0 Å². The normalized spacial score (nSPS) is 12.2. The number of halogens is 2. The fraction of sp³-hybridized carbons (Fsp3) is 0.222. The molecule has 0 aromatic heterocycles. The predicted octanol–water partition coefficient (Wildman–Crippen LogP) is 3.06. The van der Waals surface area contributed by atoms with E-state index in [0.717, 1.165) is 22.7 Å². The van der Waals surface area contributed by atoms with Crippen molar-refractivity contribution in [3.05, 3.63) is 58.9 Å². The number of esters is 1. The van der Waals surface area contributed by atoms with E-state index < -0.39 is 33.8 Å². The lowest BCUT2D eigenvalue weighted by molar-refractivity contribution is -0.116. The van der Waals surface area contributed by atoms with Gasteiger partial charge in [0.15, 0.2) is 0 Å². The smallest absolute Gasteiger partial charge is 0.337 e. The van der Waals surface area contributed by atoms with E-state index in [9.17, 15) is 22.4 Å². The SMILES string of the molecule is COC(=O)c1ccc(Cl)c(NC(=O)[C@@H](C)N(c2ccc(F)cc2)S(C)(=O)=O)c1. The van der Waals surface area contributed by atoms with E-state index in [1.54, 1.807) is 0 Å². The number of rotatable bonds is 6. The van der Waals surface area contributed by atoms with Crippen molar-refractivity contribution in [1.29, 1.82) is 0 Å². The minimum Gasteiger partial charge on any atom is -0.465 e. The van der Waals surface area contributed by atoms with Gasteiger partial charge in [-0.05, 0) is 49.4 Å². The molecule has 0 saturated carbocycles. The van der Waals surface area contributed by atoms with E-state index in [1.807, 2.05) is 0 Å². The Balaban J connectivity index is 2.34. The third kappa shape index (κ3) is 4.99. The number of sulfonamides is 1. The van der Waals surface area contributed by atoms with Gasteiger partial charge in [0.25, 0.3) is 0 Å². The summed E-state index contributed by atoms with van der Waals surface area (Å²) in [4.78, 5) is 24.3. The summed E-state index contributed by atoms with van der Waals surface area (Å²) in [5.41, 5.74) is 0.406. The molecule has 0 bridgehead atoms. The number of nitrogens with one attached hydrogen (secondary N) is 1. The van der Waals surface area contributed by atoms with Gasteiger partial charge in [-0.3, -0.25) is 9.10 Å². The van der Waals surface area contributed by atoms with Gasteiger partial charge in [-0.25, -0.2) is 17.6 Å². The Morgan fingerprint density at radius 3 is 2.32 bits per heavy atom. The van der Waals surface area contributed by atoms with Crippen molar-refractivity contribution in [3.8, 4) is 0 Å². The van der Waals surface area contributed by atoms with Crippen LogP contribution in [0.5, 0.6) is 0 Å². The van der Waals surface area contributed by atoms with Gasteiger partial charge in [-0.2, -0.15) is 0 Å². The average Bonchev–Trinajstić information content (AvgIpc) is 2.63. The largest absolute Gasteiger partial charge is 0.465 e. The quantitative estimate of drug-likeness (QED) is 0.714. The topological polar surface area (TPSA) is 92.8 Å². The lowest BCUT2D eigenvalue weighted by Gasteiger charge is -2.28. The van der Waals surface area contributed by atoms with Crippen LogP contribution in [0.2, 0.25) is 5.02 Å². The maximum Gasteiger partial charge on any atom is 0.337 e. The molecule has 0 unspecified atom stereocenters. The zero-order valence-electron chi connectivity index (χ0n) is 15.3. The van der Waals surface area contributed by atoms with E-state index in [2.05, 4.69) is 10.1 Å². The third-order valence-electron chi connectivity index (χ3n) is 3.81. The van der Waals surface area contributed by atoms with E-state index in [-0.39, 0.29) is 22.0 Å². The van der Waals surface area contributed by atoms with Crippen LogP contribution in [0.25, 0.3) is 0 Å². The third-order valence-corrected chi connectivity index (χ3v) is 5.39. The Hall–Kier alpha value is -2.65. The summed E-state index contributed by atoms with van der Waals surface area (Å²) >= 11 is 6.06. The number of nitrogens with zero attached hydrogens (tertiary/aromatic N) is 1. The van der Waals surface area contributed by atoms with Crippen LogP contribution in [0.15, 0.2) is 42.5 Å². The number of ether oxygens (including phenoxy) is 1. The Kier molecular flexibility index (Phi) is 6.63. The van der Waals surface area contributed by atoms with Gasteiger partial charge in [-0.15, -0.1) is 0 Å². The fourth-order valence-corrected chi connectivity index (χ4v) is 3.84. The Morgan fingerprint density at radius 1 is 1.18 bits per heavy atom. The molecule has 2 rings (SSSR count). The van der Waals surface area contributed by atoms with Crippen molar-refractivity contribution < 1.29 is 27.1 Å². The van der Waals surface area contributed by atoms with Crippen LogP contribution in [-0.2, 0) is 19.6 Å². The maximum atomic E-state index is 13.2. The molecule has 0 aliphatic heterocycles. The molecule has 28 heavy (non-hydrogen) atoms. The Labute approximate surface area is 167 Å². The van der Waals surface area contributed by atoms with Crippen LogP contribution in [0, 0.1) is 5.82 Å². The minimum absolute atomic E-state index is 0.119. The molecule has 1 amide bonds. The second-order valence-electron chi connectivity index (χ2n) is 5.89. The van der Waals surface area contributed by atoms with Crippen LogP contribution in [0.1, 0.15) is 17.3 Å². The van der Waals surface area contributed by atoms with Gasteiger partial charge in [0.05, 0.1) is 35.3 Å². The first kappa shape index (κ1) is 21.6. The van der Waals surface area contributed by atoms with Crippen LogP contribution in [0.3, 0.4) is 0 Å². The summed E-state index contributed by atoms with van der Waals surface area (Å²) in [5, 5.41) is 2.66. The van der Waals surface area contributed by atoms with Gasteiger partial charge in [0.2, 0.25) is 15.9 Å². The number of hydrogen-bond acceptors (Lipinski definition) is 5. The molecular formula is C18H18ClFN2O5S. The van der Waals surface area contributed by atoms with Gasteiger partial charge in [0.1, 0.15) is 11.9 Å². The molecule has 10 heteroatoms. The van der Waals surface area contributed by atoms with Crippen molar-refractivity contribution in [3.63, 3.8) is 0 Å². The fourth-order valence-electron chi connectivity index (χ4n) is 2.50. The van der Waals surface area contributed by atoms with E-state index in [0.29, 0.717) is 0 Å². The highest BCUT2D eigenvalue weighted by atomic mass is 35.5. The first-order valence-corrected chi connectivity index (χ1v) is 10.2. The number of benzene rings is 2. The Morgan fingerprint density at radius 2 is 1.79 bits per heavy atom. The molecule has 0 radical (unpaired) electrons. The standard InChI is InChI=1S/C18H18ClFN2O5S/c1-11(22(28(3,25)26)14-7-5-13(20)6-8-14)17(23)21-16-10-12(18(24)27-2)4-9-15(16)19/h4-11H,1-3H3,(H,21,23)/t11-/m1/s1. The lowest BCUT2D eigenvalue weighted by atomic mass is 10.2. The van der Waals surface area contributed by atoms with Crippen LogP contribution in [0.4, 0.5) is 15.8 Å². The molecule has 150 valence electrons. The number of hydrogen-bond donors (Lipinski definition) is 1. The predicted molar refractivity (Wildman–Crippen MR) is 105 cm³/mol. The zero-order chi connectivity index (χ0) is 21.1. The average molecular weight is 429 g/mol. The van der Waals surface area contributed by atoms with Crippen LogP contribution in [-0.4, -0.2) is 39.7 Å². The first-order chi connectivity index (χ1) is 13.0. The molecule has 2 aromatic carbocycles. The molecule has 0 aliphatic carbocycles. The summed E-state index contributed by atoms with van der Waals surface area (Å²) in [5.74, 6) is -1.86. The molecule has 2 aromatic rings. The summed E-state index contributed by atoms with van der Waals surface area (Å²) in [7, 11) is -2.65. The van der Waals surface area contributed by atoms with E-state index in [4.69, 9.17) is 11.6 Å². The summed E-state index contributed by atoms with van der Waals surface area (Å²) in [6.07, 6.45) is 0.936. The number of methoxy groups -OCH3 is 1. The molecular weight excluding hydrogens is 411 g/mol. The molecule has 0 spiro atoms. The second-order valence-corrected chi connectivity index (χ2v) is 8.15. The highest BCUT2D eigenvalue weighted by Crippen LogP contribution is 2.26. The monoisotopic (exact) mass is 428 g/mol. The summed E-state index contributed by atoms with van der Waals surface area (Å²) in [6, 6.07) is 7.66. The number of carbonyl (C=O) groups excluding carboxylic acids is 2. The van der Waals surface area contributed by atoms with Crippen molar-refractivity contribution in [1.82, 2.24) is 0 Å². The minimum atomic E-state index is -3.86. The van der Waals surface area contributed by atoms with Crippen molar-refractivity contribution in [2.75, 3.05) is 23.0 Å². The molecule has 0 fully saturated rings. The number of amides is 1. The lowest BCUT2D eigenvalue weighted by Crippen LogP contribution is -2.45. The number of carbonyl (C=O) groups is 2. The zero-order valence-corrected chi connectivity index (χ0v) is 16.8. The van der Waals surface area contributed by atoms with Gasteiger partial charge >= 0.3 is 5.97 Å². The molecule has 1 atom stereocenters. The molecule has 1 N–H and O–H groups in total. The van der Waals surface area contributed by atoms with Gasteiger partial charge in [-0.1, -0.05) is 11.6 Å². The van der Waals surface area contributed by atoms with Crippen molar-refractivity contribution >= 4 is 44.9 Å². The molecule has 0 saturated heterocycles. The molecule has 0 heterocycles. The van der Waals surface area contributed by atoms with Crippen LogP contribution >= 0.6 is 11.6 Å². The van der Waals surface area contributed by atoms with Gasteiger partial charge in [0, 0.05) is 0 Å².